The summed E-state index contributed by atoms with van der Waals surface area (Å²) in [5, 5.41) is 23.0. The molecule has 1 aliphatic heterocycles. The average molecular weight is 1240 g/mol. The largest absolute Gasteiger partial charge is 0.390 e. The predicted molar refractivity (Wildman–Crippen MR) is 323 cm³/mol. The molecular weight excluding hydrogens is 1130 g/mol. The van der Waals surface area contributed by atoms with Gasteiger partial charge in [-0.3, -0.25) is 52.7 Å². The number of aliphatic hydroxyl groups is 1. The molecule has 0 saturated carbocycles. The highest BCUT2D eigenvalue weighted by Crippen LogP contribution is 2.25. The van der Waals surface area contributed by atoms with Crippen LogP contribution in [-0.4, -0.2) is 232 Å². The molecule has 0 aromatic heterocycles. The van der Waals surface area contributed by atoms with Gasteiger partial charge < -0.3 is 60.7 Å². The van der Waals surface area contributed by atoms with E-state index >= 15 is 9.59 Å². The van der Waals surface area contributed by atoms with Crippen LogP contribution in [0.25, 0.3) is 0 Å². The zero-order valence-corrected chi connectivity index (χ0v) is 55.9. The van der Waals surface area contributed by atoms with Gasteiger partial charge >= 0.3 is 0 Å². The SMILES string of the molecule is CC[C@@H]1NC(=O)[C@H]([C@H](O)[C@H](C)CBr)N(C)C(=O)[C@H](C(C)C)N(C)C(=O)[C@H](CC(C)C)N(C)C(=O)[C@H](CC(C)C)N(C)C(=O)[C@@H](C)NC(=O)[C@H](C)NC(=O)[C@H](CC(C)C)N(C)C(=O)[C@H](C(C)C)NC(=O)[C@H](CC(C)C)N(C)C(=O)CN(C)C1=O. The second kappa shape index (κ2) is 33.9. The van der Waals surface area contributed by atoms with Gasteiger partial charge in [-0.15, -0.1) is 0 Å². The number of halogens is 1. The van der Waals surface area contributed by atoms with Gasteiger partial charge in [0.15, 0.2) is 0 Å². The number of nitrogens with one attached hydrogen (secondary N) is 4. The van der Waals surface area contributed by atoms with E-state index in [1.807, 2.05) is 55.4 Å². The molecule has 0 aliphatic carbocycles. The van der Waals surface area contributed by atoms with Gasteiger partial charge in [0, 0.05) is 54.7 Å². The fraction of sp³-hybridized carbons (Fsp3) is 0.814. The van der Waals surface area contributed by atoms with Gasteiger partial charge in [-0.05, 0) is 87.4 Å². The van der Waals surface area contributed by atoms with Gasteiger partial charge in [0.25, 0.3) is 0 Å². The molecule has 0 radical (unpaired) electrons. The Morgan fingerprint density at radius 3 is 1.28 bits per heavy atom. The van der Waals surface area contributed by atoms with Gasteiger partial charge in [-0.2, -0.15) is 0 Å². The highest BCUT2D eigenvalue weighted by molar-refractivity contribution is 9.09. The Hall–Kier alpha value is -5.39. The number of rotatable bonds is 14. The van der Waals surface area contributed by atoms with Crippen molar-refractivity contribution in [3.8, 4) is 0 Å². The number of carbonyl (C=O) groups excluding carboxylic acids is 11. The van der Waals surface area contributed by atoms with Crippen molar-refractivity contribution in [2.75, 3.05) is 61.2 Å². The lowest BCUT2D eigenvalue weighted by Crippen LogP contribution is -2.63. The summed E-state index contributed by atoms with van der Waals surface area (Å²) in [6.45, 7) is 27.4. The van der Waals surface area contributed by atoms with Gasteiger partial charge in [0.05, 0.1) is 12.6 Å². The molecule has 12 atom stereocenters. The lowest BCUT2D eigenvalue weighted by molar-refractivity contribution is -0.157. The number of aliphatic hydroxyl groups excluding tert-OH is 1. The fourth-order valence-corrected chi connectivity index (χ4v) is 10.7. The molecule has 0 aromatic rings. The molecule has 1 rings (SSSR count). The van der Waals surface area contributed by atoms with Gasteiger partial charge in [0.2, 0.25) is 65.0 Å². The number of amides is 11. The lowest BCUT2D eigenvalue weighted by atomic mass is 9.93. The van der Waals surface area contributed by atoms with Gasteiger partial charge in [0.1, 0.15) is 60.4 Å². The van der Waals surface area contributed by atoms with E-state index < -0.39 is 156 Å². The summed E-state index contributed by atoms with van der Waals surface area (Å²) in [6, 6.07) is -12.3. The van der Waals surface area contributed by atoms with Crippen molar-refractivity contribution in [1.29, 1.82) is 0 Å². The third-order valence-electron chi connectivity index (χ3n) is 15.6. The smallest absolute Gasteiger partial charge is 0.246 e. The van der Waals surface area contributed by atoms with Crippen LogP contribution in [0.5, 0.6) is 0 Å². The number of carbonyl (C=O) groups is 11. The maximum Gasteiger partial charge on any atom is 0.246 e. The summed E-state index contributed by atoms with van der Waals surface area (Å²) in [5.74, 6) is -9.74. The molecule has 476 valence electrons. The number of likely N-dealkylation sites (N-methyl/N-ethyl adjacent to an activating group) is 7. The Labute approximate surface area is 504 Å². The Morgan fingerprint density at radius 2 is 0.843 bits per heavy atom. The fourth-order valence-electron chi connectivity index (χ4n) is 10.3. The van der Waals surface area contributed by atoms with E-state index in [0.717, 1.165) is 9.80 Å². The molecule has 1 fully saturated rings. The van der Waals surface area contributed by atoms with Crippen LogP contribution in [0.3, 0.4) is 0 Å². The zero-order chi connectivity index (χ0) is 64.6. The van der Waals surface area contributed by atoms with Crippen molar-refractivity contribution in [2.45, 2.75) is 209 Å². The molecule has 5 N–H and O–H groups in total. The Balaban J connectivity index is 4.28. The van der Waals surface area contributed by atoms with Crippen LogP contribution in [-0.2, 0) is 52.7 Å². The van der Waals surface area contributed by atoms with E-state index in [1.54, 1.807) is 41.5 Å². The number of alkyl halides is 1. The number of hydrogen-bond donors (Lipinski definition) is 5. The van der Waals surface area contributed by atoms with Crippen LogP contribution >= 0.6 is 15.9 Å². The average Bonchev–Trinajstić information content (AvgIpc) is 3.51. The molecule has 83 heavy (non-hydrogen) atoms. The highest BCUT2D eigenvalue weighted by Gasteiger charge is 2.45. The van der Waals surface area contributed by atoms with E-state index in [9.17, 15) is 48.3 Å². The minimum Gasteiger partial charge on any atom is -0.390 e. The first-order valence-electron chi connectivity index (χ1n) is 29.5. The van der Waals surface area contributed by atoms with Crippen molar-refractivity contribution in [3.63, 3.8) is 0 Å². The summed E-state index contributed by atoms with van der Waals surface area (Å²) < 4.78 is 0. The molecule has 0 unspecified atom stereocenters. The van der Waals surface area contributed by atoms with Gasteiger partial charge in [-0.1, -0.05) is 113 Å². The Kier molecular flexibility index (Phi) is 30.9. The third-order valence-corrected chi connectivity index (χ3v) is 16.6. The topological polar surface area (TPSA) is 279 Å². The molecule has 24 heteroatoms. The van der Waals surface area contributed by atoms with Crippen LogP contribution in [0, 0.1) is 41.4 Å². The first-order valence-corrected chi connectivity index (χ1v) is 30.6. The first-order chi connectivity index (χ1) is 38.2. The van der Waals surface area contributed by atoms with Crippen molar-refractivity contribution in [3.05, 3.63) is 0 Å². The highest BCUT2D eigenvalue weighted by atomic mass is 79.9. The van der Waals surface area contributed by atoms with Crippen molar-refractivity contribution in [2.24, 2.45) is 41.4 Å². The molecule has 1 heterocycles. The molecule has 23 nitrogen and oxygen atoms in total. The van der Waals surface area contributed by atoms with Crippen molar-refractivity contribution in [1.82, 2.24) is 55.6 Å². The predicted octanol–water partition coefficient (Wildman–Crippen LogP) is 2.70. The maximum absolute atomic E-state index is 15.0. The number of nitrogens with zero attached hydrogens (tertiary/aromatic N) is 7. The number of hydrogen-bond acceptors (Lipinski definition) is 12. The van der Waals surface area contributed by atoms with Crippen LogP contribution < -0.4 is 21.3 Å². The van der Waals surface area contributed by atoms with Crippen LogP contribution in [0.2, 0.25) is 0 Å². The van der Waals surface area contributed by atoms with Crippen LogP contribution in [0.1, 0.15) is 143 Å². The Morgan fingerprint density at radius 1 is 0.446 bits per heavy atom. The Bertz CT molecular complexity index is 2250. The summed E-state index contributed by atoms with van der Waals surface area (Å²) in [7, 11) is 9.87. The first kappa shape index (κ1) is 75.6. The molecule has 1 saturated heterocycles. The molecule has 0 aromatic carbocycles. The summed E-state index contributed by atoms with van der Waals surface area (Å²) in [4.78, 5) is 168. The van der Waals surface area contributed by atoms with E-state index in [2.05, 4.69) is 37.2 Å². The van der Waals surface area contributed by atoms with E-state index in [1.165, 1.54) is 87.7 Å². The van der Waals surface area contributed by atoms with E-state index in [4.69, 9.17) is 0 Å². The molecule has 1 aliphatic rings. The van der Waals surface area contributed by atoms with Crippen molar-refractivity contribution < 1.29 is 57.8 Å². The summed E-state index contributed by atoms with van der Waals surface area (Å²) in [5.41, 5.74) is 0. The summed E-state index contributed by atoms with van der Waals surface area (Å²) in [6.07, 6.45) is -0.860. The second-order valence-corrected chi connectivity index (χ2v) is 26.1. The monoisotopic (exact) mass is 1240 g/mol. The molecular formula is C59H106BrN11O12. The third kappa shape index (κ3) is 21.0. The molecule has 0 spiro atoms. The zero-order valence-electron chi connectivity index (χ0n) is 54.3. The lowest BCUT2D eigenvalue weighted by Gasteiger charge is -2.41. The normalized spacial score (nSPS) is 27.2. The second-order valence-electron chi connectivity index (χ2n) is 25.4. The van der Waals surface area contributed by atoms with Gasteiger partial charge in [-0.25, -0.2) is 0 Å². The minimum absolute atomic E-state index is 0.0227. The van der Waals surface area contributed by atoms with E-state index in [0.29, 0.717) is 0 Å². The van der Waals surface area contributed by atoms with Crippen LogP contribution in [0.4, 0.5) is 0 Å². The maximum atomic E-state index is 15.0. The molecule has 0 bridgehead atoms. The summed E-state index contributed by atoms with van der Waals surface area (Å²) >= 11 is 3.38. The molecule has 11 amide bonds. The van der Waals surface area contributed by atoms with Crippen molar-refractivity contribution >= 4 is 80.9 Å². The van der Waals surface area contributed by atoms with Crippen LogP contribution in [0.15, 0.2) is 0 Å². The standard InChI is InChI=1S/C59H106BrN11O12/c1-24-40-55(79)65(17)30-45(72)66(18)41(25-31(2)3)52(76)64-46(35(10)11)58(82)67(19)42(26-32(4)5)51(75)61-38(15)50(74)62-39(16)54(78)68(20)43(27-33(6)7)56(80)69(21)44(28-34(8)9)57(81)70(22)47(36(12)13)59(83)71(23)48(53(77)63-40)49(73)37(14)29-60/h31-44,46-49,73H,24-30H2,1-23H3,(H,61,75)(H,62,74)(H,63,77)(H,64,76)/t37-,38+,39-,40+,41+,42+,43+,44+,46+,47+,48+,49-/m1/s1. The van der Waals surface area contributed by atoms with E-state index in [-0.39, 0.29) is 61.1 Å². The minimum atomic E-state index is -1.61. The quantitative estimate of drug-likeness (QED) is 0.157.